The third-order valence-electron chi connectivity index (χ3n) is 3.90. The maximum atomic E-state index is 5.35. The Hall–Kier alpha value is -0.940. The molecular weight excluding hydrogens is 230 g/mol. The van der Waals surface area contributed by atoms with Gasteiger partial charge in [0.1, 0.15) is 0 Å². The number of ether oxygens (including phenoxy) is 1. The number of hydrogen-bond acceptors (Lipinski definition) is 5. The van der Waals surface area contributed by atoms with Crippen LogP contribution in [-0.2, 0) is 17.7 Å². The van der Waals surface area contributed by atoms with Crippen LogP contribution in [0.15, 0.2) is 4.52 Å². The predicted octanol–water partition coefficient (Wildman–Crippen LogP) is 1.68. The number of hydrogen-bond donors (Lipinski definition) is 1. The lowest BCUT2D eigenvalue weighted by Crippen LogP contribution is -2.25. The van der Waals surface area contributed by atoms with Gasteiger partial charge < -0.3 is 14.6 Å². The summed E-state index contributed by atoms with van der Waals surface area (Å²) in [6.45, 7) is 2.42. The summed E-state index contributed by atoms with van der Waals surface area (Å²) in [7, 11) is 0. The Morgan fingerprint density at radius 3 is 2.89 bits per heavy atom. The van der Waals surface area contributed by atoms with Gasteiger partial charge in [-0.25, -0.2) is 0 Å². The van der Waals surface area contributed by atoms with Crippen LogP contribution in [0.3, 0.4) is 0 Å². The standard InChI is InChI=1S/C13H21N3O2/c1-2-4-11(3-1)14-8-13-15-12(16-18-13)7-10-5-6-17-9-10/h10-11,14H,1-9H2. The number of nitrogens with one attached hydrogen (secondary N) is 1. The van der Waals surface area contributed by atoms with Gasteiger partial charge in [0.05, 0.1) is 6.54 Å². The third-order valence-corrected chi connectivity index (χ3v) is 3.90. The Labute approximate surface area is 107 Å². The molecule has 1 unspecified atom stereocenters. The molecule has 5 nitrogen and oxygen atoms in total. The molecule has 1 atom stereocenters. The highest BCUT2D eigenvalue weighted by Crippen LogP contribution is 2.19. The minimum atomic E-state index is 0.568. The van der Waals surface area contributed by atoms with Gasteiger partial charge in [0, 0.05) is 25.7 Å². The van der Waals surface area contributed by atoms with Crippen molar-refractivity contribution in [3.8, 4) is 0 Å². The van der Waals surface area contributed by atoms with Crippen molar-refractivity contribution in [2.24, 2.45) is 5.92 Å². The topological polar surface area (TPSA) is 60.2 Å². The lowest BCUT2D eigenvalue weighted by atomic mass is 10.1. The highest BCUT2D eigenvalue weighted by atomic mass is 16.5. The molecule has 0 radical (unpaired) electrons. The van der Waals surface area contributed by atoms with E-state index in [4.69, 9.17) is 9.26 Å². The Kier molecular flexibility index (Phi) is 3.90. The van der Waals surface area contributed by atoms with E-state index in [0.29, 0.717) is 18.5 Å². The number of rotatable bonds is 5. The maximum absolute atomic E-state index is 5.35. The van der Waals surface area contributed by atoms with E-state index in [1.165, 1.54) is 25.7 Å². The molecule has 1 aromatic rings. The lowest BCUT2D eigenvalue weighted by molar-refractivity contribution is 0.185. The summed E-state index contributed by atoms with van der Waals surface area (Å²) in [4.78, 5) is 4.44. The van der Waals surface area contributed by atoms with Crippen LogP contribution in [0.5, 0.6) is 0 Å². The second-order valence-corrected chi connectivity index (χ2v) is 5.40. The van der Waals surface area contributed by atoms with Crippen molar-refractivity contribution < 1.29 is 9.26 Å². The average Bonchev–Trinajstić information content (AvgIpc) is 3.09. The van der Waals surface area contributed by atoms with Crippen LogP contribution in [0.2, 0.25) is 0 Å². The van der Waals surface area contributed by atoms with E-state index in [1.54, 1.807) is 0 Å². The van der Waals surface area contributed by atoms with Gasteiger partial charge in [-0.15, -0.1) is 0 Å². The van der Waals surface area contributed by atoms with E-state index in [1.807, 2.05) is 0 Å². The summed E-state index contributed by atoms with van der Waals surface area (Å²) in [5.41, 5.74) is 0. The van der Waals surface area contributed by atoms with Crippen molar-refractivity contribution in [3.63, 3.8) is 0 Å². The van der Waals surface area contributed by atoms with Crippen LogP contribution in [0, 0.1) is 5.92 Å². The van der Waals surface area contributed by atoms with Crippen LogP contribution in [0.4, 0.5) is 0 Å². The fourth-order valence-corrected chi connectivity index (χ4v) is 2.81. The highest BCUT2D eigenvalue weighted by molar-refractivity contribution is 4.90. The molecule has 0 bridgehead atoms. The molecule has 18 heavy (non-hydrogen) atoms. The molecule has 0 spiro atoms. The zero-order valence-corrected chi connectivity index (χ0v) is 10.7. The van der Waals surface area contributed by atoms with Gasteiger partial charge in [-0.2, -0.15) is 4.98 Å². The lowest BCUT2D eigenvalue weighted by Gasteiger charge is -2.08. The van der Waals surface area contributed by atoms with Gasteiger partial charge in [0.25, 0.3) is 0 Å². The second-order valence-electron chi connectivity index (χ2n) is 5.40. The molecular formula is C13H21N3O2. The van der Waals surface area contributed by atoms with Crippen LogP contribution >= 0.6 is 0 Å². The summed E-state index contributed by atoms with van der Waals surface area (Å²) in [5.74, 6) is 2.11. The smallest absolute Gasteiger partial charge is 0.240 e. The Morgan fingerprint density at radius 1 is 1.22 bits per heavy atom. The van der Waals surface area contributed by atoms with E-state index < -0.39 is 0 Å². The molecule has 1 saturated heterocycles. The van der Waals surface area contributed by atoms with Crippen molar-refractivity contribution in [3.05, 3.63) is 11.7 Å². The summed E-state index contributed by atoms with van der Waals surface area (Å²) in [6.07, 6.45) is 7.24. The zero-order valence-electron chi connectivity index (χ0n) is 10.7. The maximum Gasteiger partial charge on any atom is 0.240 e. The van der Waals surface area contributed by atoms with Crippen LogP contribution < -0.4 is 5.32 Å². The van der Waals surface area contributed by atoms with E-state index in [9.17, 15) is 0 Å². The molecule has 1 saturated carbocycles. The van der Waals surface area contributed by atoms with Crippen molar-refractivity contribution in [1.29, 1.82) is 0 Å². The Balaban J connectivity index is 1.46. The van der Waals surface area contributed by atoms with E-state index >= 15 is 0 Å². The minimum Gasteiger partial charge on any atom is -0.381 e. The van der Waals surface area contributed by atoms with E-state index in [0.717, 1.165) is 37.8 Å². The molecule has 3 rings (SSSR count). The van der Waals surface area contributed by atoms with E-state index in [2.05, 4.69) is 15.5 Å². The zero-order chi connectivity index (χ0) is 12.2. The molecule has 1 aliphatic carbocycles. The first-order chi connectivity index (χ1) is 8.90. The normalized spacial score (nSPS) is 25.0. The first-order valence-electron chi connectivity index (χ1n) is 7.03. The fourth-order valence-electron chi connectivity index (χ4n) is 2.81. The molecule has 2 fully saturated rings. The van der Waals surface area contributed by atoms with E-state index in [-0.39, 0.29) is 0 Å². The summed E-state index contributed by atoms with van der Waals surface area (Å²) < 4.78 is 10.6. The molecule has 2 aliphatic rings. The summed E-state index contributed by atoms with van der Waals surface area (Å²) >= 11 is 0. The van der Waals surface area contributed by atoms with Gasteiger partial charge in [-0.05, 0) is 25.2 Å². The molecule has 100 valence electrons. The second kappa shape index (κ2) is 5.80. The Bertz CT molecular complexity index is 368. The highest BCUT2D eigenvalue weighted by Gasteiger charge is 2.19. The quantitative estimate of drug-likeness (QED) is 0.862. The average molecular weight is 251 g/mol. The number of nitrogens with zero attached hydrogens (tertiary/aromatic N) is 2. The molecule has 1 aliphatic heterocycles. The molecule has 1 aromatic heterocycles. The predicted molar refractivity (Wildman–Crippen MR) is 66.0 cm³/mol. The Morgan fingerprint density at radius 2 is 2.11 bits per heavy atom. The third kappa shape index (κ3) is 3.09. The van der Waals surface area contributed by atoms with Crippen molar-refractivity contribution in [2.45, 2.75) is 51.1 Å². The first kappa shape index (κ1) is 12.1. The monoisotopic (exact) mass is 251 g/mol. The minimum absolute atomic E-state index is 0.568. The molecule has 0 aromatic carbocycles. The molecule has 0 amide bonds. The van der Waals surface area contributed by atoms with Crippen LogP contribution in [0.25, 0.3) is 0 Å². The van der Waals surface area contributed by atoms with Gasteiger partial charge in [-0.3, -0.25) is 0 Å². The van der Waals surface area contributed by atoms with Crippen LogP contribution in [0.1, 0.15) is 43.8 Å². The van der Waals surface area contributed by atoms with Crippen molar-refractivity contribution in [2.75, 3.05) is 13.2 Å². The fraction of sp³-hybridized carbons (Fsp3) is 0.846. The molecule has 5 heteroatoms. The molecule has 2 heterocycles. The van der Waals surface area contributed by atoms with Crippen molar-refractivity contribution in [1.82, 2.24) is 15.5 Å². The largest absolute Gasteiger partial charge is 0.381 e. The molecule has 1 N–H and O–H groups in total. The summed E-state index contributed by atoms with van der Waals surface area (Å²) in [6, 6.07) is 0.642. The van der Waals surface area contributed by atoms with Gasteiger partial charge in [-0.1, -0.05) is 18.0 Å². The summed E-state index contributed by atoms with van der Waals surface area (Å²) in [5, 5.41) is 7.53. The van der Waals surface area contributed by atoms with Crippen LogP contribution in [-0.4, -0.2) is 29.4 Å². The van der Waals surface area contributed by atoms with Gasteiger partial charge in [0.2, 0.25) is 5.89 Å². The SMILES string of the molecule is C1CCC(NCc2nc(CC3CCOC3)no2)C1. The first-order valence-corrected chi connectivity index (χ1v) is 7.03. The number of aromatic nitrogens is 2. The van der Waals surface area contributed by atoms with Crippen molar-refractivity contribution >= 4 is 0 Å². The van der Waals surface area contributed by atoms with Gasteiger partial charge >= 0.3 is 0 Å². The van der Waals surface area contributed by atoms with Gasteiger partial charge in [0.15, 0.2) is 5.82 Å².